The molecule has 1 saturated heterocycles. The average Bonchev–Trinajstić information content (AvgIpc) is 3.41. The standard InChI is InChI=1S/C23H23ClN4O3S/c1-14-3-7-17(12-19(14)24)28-13-16(11-21(28)30)22-26-27-23(32-22)25-20(29)10-6-15-4-8-18(31-2)9-5-15/h3-5,7-9,12,16H,6,10-11,13H2,1-2H3,(H,25,27,29). The van der Waals surface area contributed by atoms with E-state index in [4.69, 9.17) is 16.3 Å². The number of nitrogens with one attached hydrogen (secondary N) is 1. The third-order valence-electron chi connectivity index (χ3n) is 5.43. The Morgan fingerprint density at radius 1 is 1.25 bits per heavy atom. The Hall–Kier alpha value is -2.97. The number of rotatable bonds is 7. The summed E-state index contributed by atoms with van der Waals surface area (Å²) < 4.78 is 5.14. The summed E-state index contributed by atoms with van der Waals surface area (Å²) in [7, 11) is 1.62. The first-order chi connectivity index (χ1) is 15.4. The molecule has 7 nitrogen and oxygen atoms in total. The fourth-order valence-corrected chi connectivity index (χ4v) is 4.58. The highest BCUT2D eigenvalue weighted by Gasteiger charge is 2.34. The van der Waals surface area contributed by atoms with Crippen molar-refractivity contribution in [1.82, 2.24) is 10.2 Å². The van der Waals surface area contributed by atoms with E-state index in [-0.39, 0.29) is 17.7 Å². The molecule has 0 spiro atoms. The lowest BCUT2D eigenvalue weighted by atomic mass is 10.1. The normalized spacial score (nSPS) is 15.8. The van der Waals surface area contributed by atoms with Gasteiger partial charge in [-0.3, -0.25) is 9.59 Å². The van der Waals surface area contributed by atoms with E-state index in [2.05, 4.69) is 15.5 Å². The molecule has 1 aliphatic rings. The van der Waals surface area contributed by atoms with Gasteiger partial charge in [-0.2, -0.15) is 0 Å². The number of anilines is 2. The summed E-state index contributed by atoms with van der Waals surface area (Å²) in [5.41, 5.74) is 2.81. The van der Waals surface area contributed by atoms with Gasteiger partial charge in [0.1, 0.15) is 10.8 Å². The molecule has 0 bridgehead atoms. The highest BCUT2D eigenvalue weighted by atomic mass is 35.5. The molecule has 2 amide bonds. The SMILES string of the molecule is COc1ccc(CCC(=O)Nc2nnc(C3CC(=O)N(c4ccc(C)c(Cl)c4)C3)s2)cc1. The lowest BCUT2D eigenvalue weighted by Gasteiger charge is -2.17. The number of methoxy groups -OCH3 is 1. The number of carbonyl (C=O) groups is 2. The number of nitrogens with zero attached hydrogens (tertiary/aromatic N) is 3. The van der Waals surface area contributed by atoms with Gasteiger partial charge < -0.3 is 15.0 Å². The number of amides is 2. The summed E-state index contributed by atoms with van der Waals surface area (Å²) in [6.07, 6.45) is 1.31. The molecule has 166 valence electrons. The van der Waals surface area contributed by atoms with Gasteiger partial charge in [0.2, 0.25) is 16.9 Å². The minimum Gasteiger partial charge on any atom is -0.497 e. The molecule has 1 aromatic heterocycles. The molecule has 3 aromatic rings. The van der Waals surface area contributed by atoms with Crippen LogP contribution in [0.3, 0.4) is 0 Å². The zero-order chi connectivity index (χ0) is 22.7. The van der Waals surface area contributed by atoms with Crippen LogP contribution >= 0.6 is 22.9 Å². The third-order valence-corrected chi connectivity index (χ3v) is 6.84. The summed E-state index contributed by atoms with van der Waals surface area (Å²) in [5.74, 6) is 0.621. The van der Waals surface area contributed by atoms with Crippen LogP contribution in [0, 0.1) is 6.92 Å². The van der Waals surface area contributed by atoms with Crippen molar-refractivity contribution < 1.29 is 14.3 Å². The number of carbonyl (C=O) groups excluding carboxylic acids is 2. The number of aromatic nitrogens is 2. The van der Waals surface area contributed by atoms with Crippen molar-refractivity contribution in [2.45, 2.75) is 32.1 Å². The summed E-state index contributed by atoms with van der Waals surface area (Å²) in [4.78, 5) is 26.6. The topological polar surface area (TPSA) is 84.4 Å². The van der Waals surface area contributed by atoms with Crippen LogP contribution in [0.5, 0.6) is 5.75 Å². The van der Waals surface area contributed by atoms with Crippen LogP contribution in [0.25, 0.3) is 0 Å². The van der Waals surface area contributed by atoms with Gasteiger partial charge >= 0.3 is 0 Å². The van der Waals surface area contributed by atoms with Gasteiger partial charge in [-0.05, 0) is 48.7 Å². The molecule has 1 fully saturated rings. The van der Waals surface area contributed by atoms with Gasteiger partial charge in [-0.1, -0.05) is 41.1 Å². The smallest absolute Gasteiger partial charge is 0.227 e. The second-order valence-electron chi connectivity index (χ2n) is 7.68. The molecule has 1 unspecified atom stereocenters. The van der Waals surface area contributed by atoms with Gasteiger partial charge in [-0.25, -0.2) is 0 Å². The quantitative estimate of drug-likeness (QED) is 0.545. The molecule has 32 heavy (non-hydrogen) atoms. The van der Waals surface area contributed by atoms with Crippen molar-refractivity contribution in [1.29, 1.82) is 0 Å². The predicted molar refractivity (Wildman–Crippen MR) is 126 cm³/mol. The molecule has 0 radical (unpaired) electrons. The Bertz CT molecular complexity index is 1130. The fraction of sp³-hybridized carbons (Fsp3) is 0.304. The van der Waals surface area contributed by atoms with Crippen LogP contribution in [-0.4, -0.2) is 35.7 Å². The Balaban J connectivity index is 1.33. The maximum absolute atomic E-state index is 12.6. The van der Waals surface area contributed by atoms with Crippen molar-refractivity contribution in [2.24, 2.45) is 0 Å². The van der Waals surface area contributed by atoms with Gasteiger partial charge in [0, 0.05) is 36.0 Å². The first kappa shape index (κ1) is 22.2. The number of benzene rings is 2. The number of halogens is 1. The van der Waals surface area contributed by atoms with Gasteiger partial charge in [0.25, 0.3) is 0 Å². The van der Waals surface area contributed by atoms with Crippen LogP contribution in [-0.2, 0) is 16.0 Å². The molecular formula is C23H23ClN4O3S. The van der Waals surface area contributed by atoms with E-state index in [0.29, 0.717) is 36.0 Å². The van der Waals surface area contributed by atoms with Gasteiger partial charge in [0.05, 0.1) is 7.11 Å². The van der Waals surface area contributed by atoms with E-state index in [0.717, 1.165) is 27.6 Å². The van der Waals surface area contributed by atoms with Crippen molar-refractivity contribution in [3.8, 4) is 5.75 Å². The fourth-order valence-electron chi connectivity index (χ4n) is 3.55. The van der Waals surface area contributed by atoms with E-state index >= 15 is 0 Å². The minimum absolute atomic E-state index is 0.0233. The molecule has 2 aromatic carbocycles. The number of aryl methyl sites for hydroxylation is 2. The molecular weight excluding hydrogens is 448 g/mol. The van der Waals surface area contributed by atoms with E-state index in [9.17, 15) is 9.59 Å². The number of ether oxygens (including phenoxy) is 1. The number of hydrogen-bond donors (Lipinski definition) is 1. The average molecular weight is 471 g/mol. The van der Waals surface area contributed by atoms with Crippen molar-refractivity contribution in [2.75, 3.05) is 23.9 Å². The lowest BCUT2D eigenvalue weighted by molar-refractivity contribution is -0.117. The van der Waals surface area contributed by atoms with Crippen molar-refractivity contribution >= 4 is 45.6 Å². The minimum atomic E-state index is -0.123. The maximum Gasteiger partial charge on any atom is 0.227 e. The predicted octanol–water partition coefficient (Wildman–Crippen LogP) is 4.60. The Kier molecular flexibility index (Phi) is 6.72. The first-order valence-electron chi connectivity index (χ1n) is 10.3. The van der Waals surface area contributed by atoms with Crippen LogP contribution in [0.1, 0.15) is 34.9 Å². The highest BCUT2D eigenvalue weighted by molar-refractivity contribution is 7.15. The van der Waals surface area contributed by atoms with Crippen molar-refractivity contribution in [3.05, 3.63) is 63.6 Å². The molecule has 1 N–H and O–H groups in total. The zero-order valence-corrected chi connectivity index (χ0v) is 19.4. The van der Waals surface area contributed by atoms with E-state index in [1.54, 1.807) is 12.0 Å². The Morgan fingerprint density at radius 3 is 2.75 bits per heavy atom. The van der Waals surface area contributed by atoms with E-state index in [1.807, 2.05) is 49.4 Å². The maximum atomic E-state index is 12.6. The van der Waals surface area contributed by atoms with E-state index < -0.39 is 0 Å². The van der Waals surface area contributed by atoms with Crippen LogP contribution in [0.4, 0.5) is 10.8 Å². The highest BCUT2D eigenvalue weighted by Crippen LogP contribution is 2.35. The second-order valence-corrected chi connectivity index (χ2v) is 9.10. The summed E-state index contributed by atoms with van der Waals surface area (Å²) in [6.45, 7) is 2.44. The largest absolute Gasteiger partial charge is 0.497 e. The van der Waals surface area contributed by atoms with Crippen molar-refractivity contribution in [3.63, 3.8) is 0 Å². The number of hydrogen-bond acceptors (Lipinski definition) is 6. The Morgan fingerprint density at radius 2 is 2.03 bits per heavy atom. The van der Waals surface area contributed by atoms with Gasteiger partial charge in [0.15, 0.2) is 0 Å². The molecule has 0 saturated carbocycles. The molecule has 1 aliphatic heterocycles. The molecule has 2 heterocycles. The molecule has 4 rings (SSSR count). The Labute approximate surface area is 195 Å². The molecule has 9 heteroatoms. The summed E-state index contributed by atoms with van der Waals surface area (Å²) >= 11 is 7.53. The zero-order valence-electron chi connectivity index (χ0n) is 17.8. The van der Waals surface area contributed by atoms with Crippen LogP contribution < -0.4 is 15.0 Å². The second kappa shape index (κ2) is 9.67. The molecule has 0 aliphatic carbocycles. The molecule has 1 atom stereocenters. The lowest BCUT2D eigenvalue weighted by Crippen LogP contribution is -2.24. The third kappa shape index (κ3) is 5.08. The first-order valence-corrected chi connectivity index (χ1v) is 11.4. The van der Waals surface area contributed by atoms with Crippen LogP contribution in [0.15, 0.2) is 42.5 Å². The van der Waals surface area contributed by atoms with E-state index in [1.165, 1.54) is 11.3 Å². The summed E-state index contributed by atoms with van der Waals surface area (Å²) in [5, 5.41) is 12.9. The van der Waals surface area contributed by atoms with Crippen LogP contribution in [0.2, 0.25) is 5.02 Å². The summed E-state index contributed by atoms with van der Waals surface area (Å²) in [6, 6.07) is 13.3. The monoisotopic (exact) mass is 470 g/mol. The van der Waals surface area contributed by atoms with Gasteiger partial charge in [-0.15, -0.1) is 10.2 Å².